The van der Waals surface area contributed by atoms with Crippen LogP contribution in [0.4, 0.5) is 9.18 Å². The zero-order valence-corrected chi connectivity index (χ0v) is 13.9. The van der Waals surface area contributed by atoms with Gasteiger partial charge in [-0.15, -0.1) is 0 Å². The van der Waals surface area contributed by atoms with Gasteiger partial charge < -0.3 is 19.9 Å². The molecule has 0 unspecified atom stereocenters. The molecule has 3 rings (SSSR count). The number of amides is 2. The van der Waals surface area contributed by atoms with Gasteiger partial charge in [0.05, 0.1) is 12.4 Å². The predicted octanol–water partition coefficient (Wildman–Crippen LogP) is 1.26. The van der Waals surface area contributed by atoms with Crippen molar-refractivity contribution in [2.75, 3.05) is 33.2 Å². The van der Waals surface area contributed by atoms with E-state index < -0.39 is 5.82 Å². The van der Waals surface area contributed by atoms with Crippen molar-refractivity contribution in [3.8, 4) is 6.01 Å². The molecule has 0 spiro atoms. The maximum atomic E-state index is 12.8. The van der Waals surface area contributed by atoms with Crippen molar-refractivity contribution in [1.82, 2.24) is 25.1 Å². The Balaban J connectivity index is 1.40. The third-order valence-corrected chi connectivity index (χ3v) is 4.66. The Labute approximate surface area is 141 Å². The van der Waals surface area contributed by atoms with Crippen molar-refractivity contribution in [2.45, 2.75) is 37.8 Å². The number of urea groups is 1. The molecule has 7 nitrogen and oxygen atoms in total. The number of nitrogens with one attached hydrogen (secondary N) is 1. The Morgan fingerprint density at radius 3 is 2.42 bits per heavy atom. The number of hydrogen-bond donors (Lipinski definition) is 1. The van der Waals surface area contributed by atoms with E-state index >= 15 is 0 Å². The molecule has 1 aromatic rings. The number of halogens is 1. The average molecular weight is 337 g/mol. The summed E-state index contributed by atoms with van der Waals surface area (Å²) in [5, 5.41) is 3.13. The number of rotatable bonds is 3. The lowest BCUT2D eigenvalue weighted by molar-refractivity contribution is 0.120. The molecule has 0 aromatic carbocycles. The van der Waals surface area contributed by atoms with Crippen molar-refractivity contribution < 1.29 is 13.9 Å². The van der Waals surface area contributed by atoms with Crippen LogP contribution in [0, 0.1) is 5.82 Å². The molecule has 132 valence electrons. The van der Waals surface area contributed by atoms with Crippen LogP contribution < -0.4 is 10.1 Å². The molecule has 2 heterocycles. The van der Waals surface area contributed by atoms with Gasteiger partial charge in [0, 0.05) is 32.2 Å². The first kappa shape index (κ1) is 16.9. The van der Waals surface area contributed by atoms with Crippen LogP contribution in [0.3, 0.4) is 0 Å². The van der Waals surface area contributed by atoms with Crippen LogP contribution in [0.2, 0.25) is 0 Å². The van der Waals surface area contributed by atoms with Crippen LogP contribution in [-0.2, 0) is 0 Å². The summed E-state index contributed by atoms with van der Waals surface area (Å²) < 4.78 is 18.5. The van der Waals surface area contributed by atoms with Crippen molar-refractivity contribution >= 4 is 6.03 Å². The average Bonchev–Trinajstić information content (AvgIpc) is 2.59. The highest BCUT2D eigenvalue weighted by Crippen LogP contribution is 2.22. The van der Waals surface area contributed by atoms with E-state index in [2.05, 4.69) is 27.2 Å². The SMILES string of the molecule is CN1CCN(C(=O)NC2CCC(Oc3ncc(F)cn3)CC2)CC1. The number of carbonyl (C=O) groups excluding carboxylic acids is 1. The number of ether oxygens (including phenoxy) is 1. The van der Waals surface area contributed by atoms with E-state index in [4.69, 9.17) is 4.74 Å². The van der Waals surface area contributed by atoms with Gasteiger partial charge >= 0.3 is 12.0 Å². The molecule has 0 bridgehead atoms. The minimum absolute atomic E-state index is 0.0206. The Hall–Kier alpha value is -1.96. The minimum Gasteiger partial charge on any atom is -0.460 e. The number of nitrogens with zero attached hydrogens (tertiary/aromatic N) is 4. The quantitative estimate of drug-likeness (QED) is 0.899. The number of hydrogen-bond acceptors (Lipinski definition) is 5. The van der Waals surface area contributed by atoms with E-state index in [1.54, 1.807) is 0 Å². The van der Waals surface area contributed by atoms with Crippen LogP contribution in [0.1, 0.15) is 25.7 Å². The lowest BCUT2D eigenvalue weighted by atomic mass is 9.93. The Morgan fingerprint density at radius 1 is 1.17 bits per heavy atom. The molecule has 24 heavy (non-hydrogen) atoms. The van der Waals surface area contributed by atoms with Crippen molar-refractivity contribution in [3.63, 3.8) is 0 Å². The highest BCUT2D eigenvalue weighted by atomic mass is 19.1. The van der Waals surface area contributed by atoms with Crippen LogP contribution in [0.25, 0.3) is 0 Å². The van der Waals surface area contributed by atoms with Crippen LogP contribution in [-0.4, -0.2) is 71.2 Å². The Morgan fingerprint density at radius 2 is 1.79 bits per heavy atom. The van der Waals surface area contributed by atoms with E-state index in [9.17, 15) is 9.18 Å². The van der Waals surface area contributed by atoms with Gasteiger partial charge in [-0.25, -0.2) is 19.2 Å². The van der Waals surface area contributed by atoms with Gasteiger partial charge in [-0.3, -0.25) is 0 Å². The highest BCUT2D eigenvalue weighted by molar-refractivity contribution is 5.74. The lowest BCUT2D eigenvalue weighted by Gasteiger charge is -2.35. The highest BCUT2D eigenvalue weighted by Gasteiger charge is 2.26. The number of likely N-dealkylation sites (N-methyl/N-ethyl adjacent to an activating group) is 1. The summed E-state index contributed by atoms with van der Waals surface area (Å²) in [6.07, 6.45) is 5.61. The topological polar surface area (TPSA) is 70.6 Å². The third-order valence-electron chi connectivity index (χ3n) is 4.66. The standard InChI is InChI=1S/C16H24FN5O2/c1-21-6-8-22(9-7-21)16(23)20-13-2-4-14(5-3-13)24-15-18-10-12(17)11-19-15/h10-11,13-14H,2-9H2,1H3,(H,20,23). The summed E-state index contributed by atoms with van der Waals surface area (Å²) in [6.45, 7) is 3.41. The molecule has 2 amide bonds. The molecule has 2 fully saturated rings. The first-order chi connectivity index (χ1) is 11.6. The number of piperazine rings is 1. The lowest BCUT2D eigenvalue weighted by Crippen LogP contribution is -2.53. The van der Waals surface area contributed by atoms with Gasteiger partial charge in [0.25, 0.3) is 0 Å². The van der Waals surface area contributed by atoms with E-state index in [0.717, 1.165) is 64.3 Å². The normalized spacial score (nSPS) is 25.3. The smallest absolute Gasteiger partial charge is 0.317 e. The fourth-order valence-corrected chi connectivity index (χ4v) is 3.11. The molecule has 1 aromatic heterocycles. The molecule has 1 N–H and O–H groups in total. The fourth-order valence-electron chi connectivity index (χ4n) is 3.11. The molecular formula is C16H24FN5O2. The molecule has 0 radical (unpaired) electrons. The zero-order chi connectivity index (χ0) is 16.9. The molecule has 2 aliphatic rings. The molecule has 0 atom stereocenters. The summed E-state index contributed by atoms with van der Waals surface area (Å²) in [7, 11) is 2.07. The van der Waals surface area contributed by atoms with Gasteiger partial charge in [-0.1, -0.05) is 0 Å². The molecule has 1 saturated heterocycles. The second-order valence-electron chi connectivity index (χ2n) is 6.52. The second kappa shape index (κ2) is 7.74. The molecule has 8 heteroatoms. The molecule has 1 aliphatic heterocycles. The minimum atomic E-state index is -0.474. The first-order valence-corrected chi connectivity index (χ1v) is 8.48. The zero-order valence-electron chi connectivity index (χ0n) is 13.9. The molecule has 1 saturated carbocycles. The second-order valence-corrected chi connectivity index (χ2v) is 6.52. The van der Waals surface area contributed by atoms with Crippen molar-refractivity contribution in [3.05, 3.63) is 18.2 Å². The maximum absolute atomic E-state index is 12.8. The Kier molecular flexibility index (Phi) is 5.44. The summed E-state index contributed by atoms with van der Waals surface area (Å²) in [5.41, 5.74) is 0. The van der Waals surface area contributed by atoms with E-state index in [1.165, 1.54) is 0 Å². The number of carbonyl (C=O) groups is 1. The van der Waals surface area contributed by atoms with Gasteiger partial charge in [0.1, 0.15) is 6.10 Å². The predicted molar refractivity (Wildman–Crippen MR) is 86.3 cm³/mol. The van der Waals surface area contributed by atoms with Gasteiger partial charge in [0.15, 0.2) is 5.82 Å². The monoisotopic (exact) mass is 337 g/mol. The number of aromatic nitrogens is 2. The van der Waals surface area contributed by atoms with E-state index in [0.29, 0.717) is 0 Å². The van der Waals surface area contributed by atoms with Gasteiger partial charge in [0.2, 0.25) is 0 Å². The summed E-state index contributed by atoms with van der Waals surface area (Å²) in [5.74, 6) is -0.474. The molecule has 1 aliphatic carbocycles. The molecular weight excluding hydrogens is 313 g/mol. The van der Waals surface area contributed by atoms with Gasteiger partial charge in [-0.2, -0.15) is 0 Å². The fraction of sp³-hybridized carbons (Fsp3) is 0.688. The van der Waals surface area contributed by atoms with E-state index in [-0.39, 0.29) is 24.2 Å². The van der Waals surface area contributed by atoms with Crippen molar-refractivity contribution in [2.24, 2.45) is 0 Å². The maximum Gasteiger partial charge on any atom is 0.317 e. The van der Waals surface area contributed by atoms with Crippen molar-refractivity contribution in [1.29, 1.82) is 0 Å². The van der Waals surface area contributed by atoms with Crippen LogP contribution in [0.15, 0.2) is 12.4 Å². The summed E-state index contributed by atoms with van der Waals surface area (Å²) >= 11 is 0. The van der Waals surface area contributed by atoms with Crippen LogP contribution in [0.5, 0.6) is 6.01 Å². The van der Waals surface area contributed by atoms with Crippen LogP contribution >= 0.6 is 0 Å². The Bertz CT molecular complexity index is 540. The third kappa shape index (κ3) is 4.53. The van der Waals surface area contributed by atoms with Gasteiger partial charge in [-0.05, 0) is 32.7 Å². The largest absolute Gasteiger partial charge is 0.460 e. The summed E-state index contributed by atoms with van der Waals surface area (Å²) in [4.78, 5) is 24.0. The summed E-state index contributed by atoms with van der Waals surface area (Å²) in [6, 6.07) is 0.432. The van der Waals surface area contributed by atoms with E-state index in [1.807, 2.05) is 4.90 Å². The first-order valence-electron chi connectivity index (χ1n) is 8.48.